The predicted octanol–water partition coefficient (Wildman–Crippen LogP) is 5.93. The molecule has 0 spiro atoms. The highest BCUT2D eigenvalue weighted by atomic mass is 19.4. The summed E-state index contributed by atoms with van der Waals surface area (Å²) in [7, 11) is 0. The average Bonchev–Trinajstić information content (AvgIpc) is 3.56. The molecule has 0 saturated heterocycles. The molecule has 0 atom stereocenters. The van der Waals surface area contributed by atoms with Gasteiger partial charge >= 0.3 is 6.18 Å². The van der Waals surface area contributed by atoms with Gasteiger partial charge in [0.25, 0.3) is 0 Å². The van der Waals surface area contributed by atoms with Crippen molar-refractivity contribution >= 4 is 23.4 Å². The van der Waals surface area contributed by atoms with Crippen molar-refractivity contribution in [3.63, 3.8) is 0 Å². The predicted molar refractivity (Wildman–Crippen MR) is 123 cm³/mol. The highest BCUT2D eigenvalue weighted by molar-refractivity contribution is 5.91. The van der Waals surface area contributed by atoms with Gasteiger partial charge in [-0.1, -0.05) is 17.3 Å². The summed E-state index contributed by atoms with van der Waals surface area (Å²) >= 11 is 0. The van der Waals surface area contributed by atoms with Gasteiger partial charge in [0.1, 0.15) is 17.0 Å². The van der Waals surface area contributed by atoms with Crippen LogP contribution < -0.4 is 10.6 Å². The quantitative estimate of drug-likeness (QED) is 0.297. The van der Waals surface area contributed by atoms with Crippen LogP contribution >= 0.6 is 0 Å². The van der Waals surface area contributed by atoms with E-state index in [1.165, 1.54) is 48.8 Å². The van der Waals surface area contributed by atoms with Crippen molar-refractivity contribution in [1.82, 2.24) is 15.1 Å². The maximum Gasteiger partial charge on any atom is 0.401 e. The average molecular weight is 515 g/mol. The Balaban J connectivity index is 1.21. The topological polar surface area (TPSA) is 92.9 Å². The van der Waals surface area contributed by atoms with Crippen molar-refractivity contribution in [3.05, 3.63) is 83.9 Å². The molecule has 5 rings (SSSR count). The number of benzene rings is 2. The summed E-state index contributed by atoms with van der Waals surface area (Å²) in [4.78, 5) is 20.7. The molecule has 2 aromatic heterocycles. The number of aromatic nitrogens is 3. The first-order valence-corrected chi connectivity index (χ1v) is 11.1. The molecular weight excluding hydrogens is 497 g/mol. The molecule has 12 heteroatoms. The van der Waals surface area contributed by atoms with Crippen molar-refractivity contribution in [1.29, 1.82) is 0 Å². The largest absolute Gasteiger partial charge is 0.401 e. The van der Waals surface area contributed by atoms with E-state index in [0.717, 1.165) is 6.07 Å². The number of nitrogens with one attached hydrogen (secondary N) is 2. The fourth-order valence-corrected chi connectivity index (χ4v) is 3.79. The van der Waals surface area contributed by atoms with Crippen molar-refractivity contribution in [2.75, 3.05) is 10.6 Å². The molecule has 1 aliphatic rings. The maximum atomic E-state index is 14.7. The van der Waals surface area contributed by atoms with Crippen LogP contribution in [0.2, 0.25) is 0 Å². The number of hydrogen-bond donors (Lipinski definition) is 2. The monoisotopic (exact) mass is 515 g/mol. The summed E-state index contributed by atoms with van der Waals surface area (Å²) in [5, 5.41) is 8.75. The number of nitrogens with zero attached hydrogens (tertiary/aromatic N) is 3. The molecule has 1 aliphatic carbocycles. The van der Waals surface area contributed by atoms with Crippen molar-refractivity contribution in [3.8, 4) is 11.1 Å². The Kier molecular flexibility index (Phi) is 6.10. The molecule has 0 bridgehead atoms. The third kappa shape index (κ3) is 5.13. The van der Waals surface area contributed by atoms with Crippen LogP contribution in [0.3, 0.4) is 0 Å². The van der Waals surface area contributed by atoms with E-state index in [1.54, 1.807) is 6.07 Å². The summed E-state index contributed by atoms with van der Waals surface area (Å²) < 4.78 is 72.2. The Morgan fingerprint density at radius 3 is 2.30 bits per heavy atom. The van der Waals surface area contributed by atoms with Gasteiger partial charge < -0.3 is 15.2 Å². The Hall–Kier alpha value is -4.35. The Morgan fingerprint density at radius 1 is 0.973 bits per heavy atom. The molecule has 0 radical (unpaired) electrons. The molecule has 190 valence electrons. The first-order valence-electron chi connectivity index (χ1n) is 11.1. The van der Waals surface area contributed by atoms with E-state index < -0.39 is 23.3 Å². The lowest BCUT2D eigenvalue weighted by molar-refractivity contribution is -0.165. The van der Waals surface area contributed by atoms with E-state index in [0.29, 0.717) is 16.8 Å². The molecule has 0 aliphatic heterocycles. The van der Waals surface area contributed by atoms with E-state index in [4.69, 9.17) is 4.52 Å². The summed E-state index contributed by atoms with van der Waals surface area (Å²) in [6.45, 7) is 0. The lowest BCUT2D eigenvalue weighted by Crippen LogP contribution is -2.28. The van der Waals surface area contributed by atoms with Gasteiger partial charge in [-0.3, -0.25) is 4.79 Å². The fourth-order valence-electron chi connectivity index (χ4n) is 3.79. The minimum Gasteiger partial charge on any atom is -0.358 e. The van der Waals surface area contributed by atoms with Gasteiger partial charge in [0.05, 0.1) is 6.42 Å². The minimum absolute atomic E-state index is 0.0782. The third-order valence-corrected chi connectivity index (χ3v) is 6.03. The maximum absolute atomic E-state index is 14.7. The van der Waals surface area contributed by atoms with Gasteiger partial charge in [0, 0.05) is 29.7 Å². The summed E-state index contributed by atoms with van der Waals surface area (Å²) in [5.74, 6) is -1.95. The normalized spacial score (nSPS) is 14.3. The number of carbonyl (C=O) groups excluding carboxylic acids is 1. The molecule has 1 saturated carbocycles. The molecule has 0 unspecified atom stereocenters. The standard InChI is InChI=1S/C25H18F5N5O2/c26-17-3-5-18(6-4-17)33-23-31-12-16(13-32-23)14-1-2-15(19(27)9-14)10-22(36)34-21-11-20(37-35-21)24(7-8-24)25(28,29)30/h1-6,9,11-13H,7-8,10H2,(H,31,32,33)(H,34,35,36). The molecule has 37 heavy (non-hydrogen) atoms. The Labute approximate surface area is 206 Å². The van der Waals surface area contributed by atoms with Crippen LogP contribution in [0.1, 0.15) is 24.2 Å². The SMILES string of the molecule is O=C(Cc1ccc(-c2cnc(Nc3ccc(F)cc3)nc2)cc1F)Nc1cc(C2(C(F)(F)F)CC2)on1. The van der Waals surface area contributed by atoms with Crippen LogP contribution in [0.15, 0.2) is 65.4 Å². The molecule has 2 N–H and O–H groups in total. The van der Waals surface area contributed by atoms with E-state index >= 15 is 0 Å². The molecule has 7 nitrogen and oxygen atoms in total. The van der Waals surface area contributed by atoms with Crippen molar-refractivity contribution in [2.45, 2.75) is 30.9 Å². The number of halogens is 5. The second-order valence-electron chi connectivity index (χ2n) is 8.61. The fraction of sp³-hybridized carbons (Fsp3) is 0.200. The van der Waals surface area contributed by atoms with E-state index in [1.807, 2.05) is 0 Å². The third-order valence-electron chi connectivity index (χ3n) is 6.03. The van der Waals surface area contributed by atoms with Crippen LogP contribution in [-0.2, 0) is 16.6 Å². The van der Waals surface area contributed by atoms with E-state index in [2.05, 4.69) is 25.8 Å². The molecule has 1 amide bonds. The van der Waals surface area contributed by atoms with Gasteiger partial charge in [-0.15, -0.1) is 0 Å². The highest BCUT2D eigenvalue weighted by Gasteiger charge is 2.66. The Morgan fingerprint density at radius 2 is 1.68 bits per heavy atom. The highest BCUT2D eigenvalue weighted by Crippen LogP contribution is 2.59. The number of anilines is 3. The summed E-state index contributed by atoms with van der Waals surface area (Å²) in [5.41, 5.74) is -0.387. The van der Waals surface area contributed by atoms with Gasteiger partial charge in [-0.25, -0.2) is 18.7 Å². The number of rotatable bonds is 7. The van der Waals surface area contributed by atoms with Gasteiger partial charge in [-0.2, -0.15) is 13.2 Å². The molecule has 4 aromatic rings. The second kappa shape index (κ2) is 9.26. The molecule has 2 aromatic carbocycles. The molecule has 2 heterocycles. The smallest absolute Gasteiger partial charge is 0.358 e. The van der Waals surface area contributed by atoms with Crippen LogP contribution in [0.25, 0.3) is 11.1 Å². The summed E-state index contributed by atoms with van der Waals surface area (Å²) in [6.07, 6.45) is -2.07. The lowest BCUT2D eigenvalue weighted by Gasteiger charge is -2.14. The van der Waals surface area contributed by atoms with Crippen LogP contribution in [-0.4, -0.2) is 27.2 Å². The van der Waals surface area contributed by atoms with Crippen molar-refractivity contribution in [2.24, 2.45) is 0 Å². The zero-order chi connectivity index (χ0) is 26.2. The van der Waals surface area contributed by atoms with Crippen molar-refractivity contribution < 1.29 is 31.3 Å². The second-order valence-corrected chi connectivity index (χ2v) is 8.61. The number of hydrogen-bond acceptors (Lipinski definition) is 6. The van der Waals surface area contributed by atoms with Crippen LogP contribution in [0.5, 0.6) is 0 Å². The lowest BCUT2D eigenvalue weighted by atomic mass is 10.0. The molecule has 1 fully saturated rings. The summed E-state index contributed by atoms with van der Waals surface area (Å²) in [6, 6.07) is 10.9. The van der Waals surface area contributed by atoms with Gasteiger partial charge in [0.15, 0.2) is 11.6 Å². The first-order chi connectivity index (χ1) is 17.6. The van der Waals surface area contributed by atoms with Gasteiger partial charge in [0.2, 0.25) is 11.9 Å². The number of alkyl halides is 3. The van der Waals surface area contributed by atoms with Crippen LogP contribution in [0.4, 0.5) is 39.4 Å². The first kappa shape index (κ1) is 24.3. The molecular formula is C25H18F5N5O2. The zero-order valence-electron chi connectivity index (χ0n) is 18.9. The van der Waals surface area contributed by atoms with Gasteiger partial charge in [-0.05, 0) is 54.3 Å². The van der Waals surface area contributed by atoms with Crippen LogP contribution in [0, 0.1) is 11.6 Å². The van der Waals surface area contributed by atoms with E-state index in [-0.39, 0.29) is 48.2 Å². The number of amides is 1. The number of carbonyl (C=O) groups is 1. The minimum atomic E-state index is -4.47. The Bertz CT molecular complexity index is 1430. The zero-order valence-corrected chi connectivity index (χ0v) is 18.9. The van der Waals surface area contributed by atoms with E-state index in [9.17, 15) is 26.7 Å².